The molecule has 2 aliphatic carbocycles. The summed E-state index contributed by atoms with van der Waals surface area (Å²) < 4.78 is 13.6. The topological polar surface area (TPSA) is 12.0 Å². The third-order valence-electron chi connectivity index (χ3n) is 3.66. The normalized spacial score (nSPS) is 31.0. The van der Waals surface area contributed by atoms with Crippen LogP contribution in [-0.4, -0.2) is 6.04 Å². The molecule has 0 aliphatic heterocycles. The van der Waals surface area contributed by atoms with E-state index in [0.717, 1.165) is 12.3 Å². The van der Waals surface area contributed by atoms with Gasteiger partial charge >= 0.3 is 0 Å². The van der Waals surface area contributed by atoms with Crippen LogP contribution in [-0.2, 0) is 0 Å². The number of fused-ring (bicyclic) bond motifs is 1. The summed E-state index contributed by atoms with van der Waals surface area (Å²) in [7, 11) is 0. The number of para-hydroxylation sites is 1. The third-order valence-corrected chi connectivity index (χ3v) is 3.97. The van der Waals surface area contributed by atoms with Crippen LogP contribution in [0.1, 0.15) is 12.8 Å². The highest BCUT2D eigenvalue weighted by Crippen LogP contribution is 2.44. The van der Waals surface area contributed by atoms with Gasteiger partial charge in [-0.3, -0.25) is 0 Å². The molecule has 1 saturated carbocycles. The minimum Gasteiger partial charge on any atom is -0.378 e. The molecule has 84 valence electrons. The number of rotatable bonds is 2. The molecule has 0 aromatic heterocycles. The largest absolute Gasteiger partial charge is 0.378 e. The van der Waals surface area contributed by atoms with Crippen molar-refractivity contribution in [3.63, 3.8) is 0 Å². The van der Waals surface area contributed by atoms with E-state index in [0.29, 0.717) is 22.7 Å². The van der Waals surface area contributed by atoms with Gasteiger partial charge in [0.05, 0.1) is 10.7 Å². The van der Waals surface area contributed by atoms with E-state index in [2.05, 4.69) is 17.5 Å². The molecule has 2 aliphatic rings. The Bertz CT molecular complexity index is 423. The molecule has 3 atom stereocenters. The third kappa shape index (κ3) is 1.52. The second-order valence-electron chi connectivity index (χ2n) is 4.58. The first-order valence-corrected chi connectivity index (χ1v) is 6.00. The number of hydrogen-bond acceptors (Lipinski definition) is 1. The highest BCUT2D eigenvalue weighted by atomic mass is 35.5. The maximum atomic E-state index is 13.6. The van der Waals surface area contributed by atoms with Crippen molar-refractivity contribution in [2.45, 2.75) is 18.9 Å². The SMILES string of the molecule is Fc1cccc(Cl)c1NC1CC2CC=CC21. The van der Waals surface area contributed by atoms with Crippen LogP contribution >= 0.6 is 11.6 Å². The predicted octanol–water partition coefficient (Wildman–Crippen LogP) is 3.86. The zero-order chi connectivity index (χ0) is 11.1. The van der Waals surface area contributed by atoms with Crippen LogP contribution in [0.4, 0.5) is 10.1 Å². The van der Waals surface area contributed by atoms with Gasteiger partial charge < -0.3 is 5.32 Å². The molecule has 0 saturated heterocycles. The van der Waals surface area contributed by atoms with E-state index < -0.39 is 0 Å². The average molecular weight is 238 g/mol. The number of allylic oxidation sites excluding steroid dienone is 1. The molecule has 3 unspecified atom stereocenters. The molecule has 1 aromatic rings. The van der Waals surface area contributed by atoms with E-state index in [4.69, 9.17) is 11.6 Å². The number of benzene rings is 1. The fourth-order valence-electron chi connectivity index (χ4n) is 2.70. The molecule has 1 nitrogen and oxygen atoms in total. The molecule has 1 fully saturated rings. The van der Waals surface area contributed by atoms with Crippen molar-refractivity contribution in [1.82, 2.24) is 0 Å². The Balaban J connectivity index is 1.77. The molecular weight excluding hydrogens is 225 g/mol. The lowest BCUT2D eigenvalue weighted by atomic mass is 9.71. The minimum atomic E-state index is -0.266. The Morgan fingerprint density at radius 2 is 2.25 bits per heavy atom. The second-order valence-corrected chi connectivity index (χ2v) is 4.99. The van der Waals surface area contributed by atoms with Crippen molar-refractivity contribution in [2.75, 3.05) is 5.32 Å². The summed E-state index contributed by atoms with van der Waals surface area (Å²) in [6.07, 6.45) is 6.75. The Morgan fingerprint density at radius 3 is 3.00 bits per heavy atom. The lowest BCUT2D eigenvalue weighted by molar-refractivity contribution is 0.217. The van der Waals surface area contributed by atoms with Gasteiger partial charge in [-0.1, -0.05) is 29.8 Å². The van der Waals surface area contributed by atoms with Gasteiger partial charge in [-0.05, 0) is 30.9 Å². The Morgan fingerprint density at radius 1 is 1.38 bits per heavy atom. The van der Waals surface area contributed by atoms with E-state index in [1.807, 2.05) is 0 Å². The Labute approximate surface area is 99.3 Å². The van der Waals surface area contributed by atoms with Crippen LogP contribution < -0.4 is 5.32 Å². The molecule has 3 rings (SSSR count). The summed E-state index contributed by atoms with van der Waals surface area (Å²) in [5.41, 5.74) is 0.452. The molecule has 0 amide bonds. The van der Waals surface area contributed by atoms with Crippen LogP contribution in [0, 0.1) is 17.7 Å². The lowest BCUT2D eigenvalue weighted by Gasteiger charge is -2.41. The maximum absolute atomic E-state index is 13.6. The predicted molar refractivity (Wildman–Crippen MR) is 64.2 cm³/mol. The zero-order valence-electron chi connectivity index (χ0n) is 8.79. The van der Waals surface area contributed by atoms with Crippen LogP contribution in [0.3, 0.4) is 0 Å². The summed E-state index contributed by atoms with van der Waals surface area (Å²) >= 11 is 5.98. The Hall–Kier alpha value is -1.02. The van der Waals surface area contributed by atoms with Gasteiger partial charge in [-0.15, -0.1) is 0 Å². The molecule has 0 spiro atoms. The smallest absolute Gasteiger partial charge is 0.147 e. The van der Waals surface area contributed by atoms with Crippen LogP contribution in [0.25, 0.3) is 0 Å². The number of halogens is 2. The first kappa shape index (κ1) is 10.2. The Kier molecular flexibility index (Phi) is 2.40. The number of anilines is 1. The van der Waals surface area contributed by atoms with Gasteiger partial charge in [0.25, 0.3) is 0 Å². The number of nitrogens with one attached hydrogen (secondary N) is 1. The standard InChI is InChI=1S/C13H13ClFN/c14-10-5-2-6-11(15)13(10)16-12-7-8-3-1-4-9(8)12/h1-2,4-6,8-9,12,16H,3,7H2. The molecule has 0 heterocycles. The van der Waals surface area contributed by atoms with Crippen LogP contribution in [0.5, 0.6) is 0 Å². The van der Waals surface area contributed by atoms with Crippen molar-refractivity contribution >= 4 is 17.3 Å². The van der Waals surface area contributed by atoms with Crippen LogP contribution in [0.15, 0.2) is 30.4 Å². The average Bonchev–Trinajstić information content (AvgIpc) is 2.59. The van der Waals surface area contributed by atoms with Gasteiger partial charge in [0.1, 0.15) is 5.82 Å². The number of hydrogen-bond donors (Lipinski definition) is 1. The summed E-state index contributed by atoms with van der Waals surface area (Å²) in [5, 5.41) is 3.69. The van der Waals surface area contributed by atoms with Gasteiger partial charge in [0, 0.05) is 12.0 Å². The van der Waals surface area contributed by atoms with Gasteiger partial charge in [0.2, 0.25) is 0 Å². The lowest BCUT2D eigenvalue weighted by Crippen LogP contribution is -2.43. The maximum Gasteiger partial charge on any atom is 0.147 e. The van der Waals surface area contributed by atoms with E-state index in [1.54, 1.807) is 12.1 Å². The highest BCUT2D eigenvalue weighted by molar-refractivity contribution is 6.33. The van der Waals surface area contributed by atoms with E-state index in [-0.39, 0.29) is 5.82 Å². The molecule has 0 bridgehead atoms. The molecular formula is C13H13ClFN. The van der Waals surface area contributed by atoms with E-state index >= 15 is 0 Å². The monoisotopic (exact) mass is 237 g/mol. The second kappa shape index (κ2) is 3.77. The van der Waals surface area contributed by atoms with Gasteiger partial charge in [-0.25, -0.2) is 4.39 Å². The zero-order valence-corrected chi connectivity index (χ0v) is 9.54. The van der Waals surface area contributed by atoms with Gasteiger partial charge in [0.15, 0.2) is 0 Å². The molecule has 1 N–H and O–H groups in total. The van der Waals surface area contributed by atoms with Crippen molar-refractivity contribution in [3.05, 3.63) is 41.2 Å². The quantitative estimate of drug-likeness (QED) is 0.771. The molecule has 16 heavy (non-hydrogen) atoms. The summed E-state index contributed by atoms with van der Waals surface area (Å²) in [6.45, 7) is 0. The molecule has 0 radical (unpaired) electrons. The highest BCUT2D eigenvalue weighted by Gasteiger charge is 2.41. The fourth-order valence-corrected chi connectivity index (χ4v) is 2.92. The van der Waals surface area contributed by atoms with Crippen molar-refractivity contribution in [2.24, 2.45) is 11.8 Å². The first-order chi connectivity index (χ1) is 7.75. The molecule has 1 aromatic carbocycles. The van der Waals surface area contributed by atoms with Crippen LogP contribution in [0.2, 0.25) is 5.02 Å². The minimum absolute atomic E-state index is 0.266. The van der Waals surface area contributed by atoms with E-state index in [9.17, 15) is 4.39 Å². The van der Waals surface area contributed by atoms with Crippen molar-refractivity contribution in [3.8, 4) is 0 Å². The summed E-state index contributed by atoms with van der Waals surface area (Å²) in [4.78, 5) is 0. The molecule has 3 heteroatoms. The summed E-state index contributed by atoms with van der Waals surface area (Å²) in [6, 6.07) is 5.13. The van der Waals surface area contributed by atoms with E-state index in [1.165, 1.54) is 12.5 Å². The van der Waals surface area contributed by atoms with Gasteiger partial charge in [-0.2, -0.15) is 0 Å². The fraction of sp³-hybridized carbons (Fsp3) is 0.385. The first-order valence-electron chi connectivity index (χ1n) is 5.63. The van der Waals surface area contributed by atoms with Crippen molar-refractivity contribution < 1.29 is 4.39 Å². The summed E-state index contributed by atoms with van der Waals surface area (Å²) in [5.74, 6) is 1.07. The van der Waals surface area contributed by atoms with Crippen molar-refractivity contribution in [1.29, 1.82) is 0 Å².